The fourth-order valence-electron chi connectivity index (χ4n) is 2.49. The van der Waals surface area contributed by atoms with Gasteiger partial charge in [-0.1, -0.05) is 6.07 Å². The lowest BCUT2D eigenvalue weighted by atomic mass is 10.1. The van der Waals surface area contributed by atoms with Crippen molar-refractivity contribution in [1.29, 1.82) is 0 Å². The molecule has 3 rings (SSSR count). The second kappa shape index (κ2) is 7.06. The molecule has 0 fully saturated rings. The summed E-state index contributed by atoms with van der Waals surface area (Å²) in [4.78, 5) is 12.0. The number of aryl methyl sites for hydroxylation is 1. The van der Waals surface area contributed by atoms with E-state index in [1.807, 2.05) is 6.92 Å². The zero-order valence-corrected chi connectivity index (χ0v) is 14.3. The van der Waals surface area contributed by atoms with Crippen molar-refractivity contribution in [3.05, 3.63) is 77.5 Å². The van der Waals surface area contributed by atoms with Gasteiger partial charge in [-0.2, -0.15) is 8.78 Å². The Bertz CT molecular complexity index is 1040. The first kappa shape index (κ1) is 18.4. The number of aromatic nitrogens is 2. The lowest BCUT2D eigenvalue weighted by Crippen LogP contribution is -2.19. The number of amidine groups is 1. The fourth-order valence-corrected chi connectivity index (χ4v) is 2.49. The van der Waals surface area contributed by atoms with Crippen molar-refractivity contribution < 1.29 is 13.2 Å². The molecule has 0 spiro atoms. The second-order valence-electron chi connectivity index (χ2n) is 5.87. The average Bonchev–Trinajstić information content (AvgIpc) is 2.61. The molecule has 3 aromatic rings. The van der Waals surface area contributed by atoms with E-state index in [-0.39, 0.29) is 11.7 Å². The van der Waals surface area contributed by atoms with Crippen LogP contribution in [-0.2, 0) is 5.92 Å². The molecule has 1 aromatic heterocycles. The summed E-state index contributed by atoms with van der Waals surface area (Å²) in [5, 5.41) is 0.465. The number of rotatable bonds is 4. The molecule has 0 saturated carbocycles. The van der Waals surface area contributed by atoms with Crippen LogP contribution in [0.4, 0.5) is 19.0 Å². The summed E-state index contributed by atoms with van der Waals surface area (Å²) >= 11 is 0. The lowest BCUT2D eigenvalue weighted by molar-refractivity contribution is 0.0332. The third-order valence-corrected chi connectivity index (χ3v) is 3.82. The number of hydrogen-bond acceptors (Lipinski definition) is 4. The predicted molar refractivity (Wildman–Crippen MR) is 98.3 cm³/mol. The normalized spacial score (nSPS) is 12.8. The number of benzene rings is 2. The molecule has 0 aliphatic heterocycles. The minimum Gasteiger partial charge on any atom is -0.404 e. The van der Waals surface area contributed by atoms with Gasteiger partial charge >= 0.3 is 5.92 Å². The van der Waals surface area contributed by atoms with Gasteiger partial charge in [0, 0.05) is 10.9 Å². The molecule has 0 atom stereocenters. The van der Waals surface area contributed by atoms with E-state index in [2.05, 4.69) is 15.0 Å². The summed E-state index contributed by atoms with van der Waals surface area (Å²) in [6.07, 6.45) is 2.50. The maximum atomic E-state index is 15.0. The smallest absolute Gasteiger partial charge is 0.331 e. The summed E-state index contributed by atoms with van der Waals surface area (Å²) in [5.74, 6) is -4.91. The van der Waals surface area contributed by atoms with Crippen LogP contribution in [0.3, 0.4) is 0 Å². The highest BCUT2D eigenvalue weighted by atomic mass is 19.3. The molecule has 0 aliphatic carbocycles. The van der Waals surface area contributed by atoms with Crippen LogP contribution in [0.2, 0.25) is 0 Å². The van der Waals surface area contributed by atoms with Gasteiger partial charge in [-0.05, 0) is 61.2 Å². The van der Waals surface area contributed by atoms with Crippen LogP contribution in [-0.4, -0.2) is 15.8 Å². The Morgan fingerprint density at radius 2 is 1.81 bits per heavy atom. The Morgan fingerprint density at radius 3 is 2.48 bits per heavy atom. The van der Waals surface area contributed by atoms with E-state index in [1.165, 1.54) is 12.3 Å². The van der Waals surface area contributed by atoms with Gasteiger partial charge in [-0.25, -0.2) is 19.4 Å². The van der Waals surface area contributed by atoms with E-state index in [1.54, 1.807) is 18.2 Å². The Labute approximate surface area is 153 Å². The Kier molecular flexibility index (Phi) is 4.81. The molecule has 0 radical (unpaired) electrons. The van der Waals surface area contributed by atoms with Crippen LogP contribution in [0.25, 0.3) is 10.9 Å². The Hall–Kier alpha value is -3.42. The van der Waals surface area contributed by atoms with Crippen LogP contribution in [0.15, 0.2) is 59.7 Å². The number of alkyl halides is 2. The van der Waals surface area contributed by atoms with Gasteiger partial charge in [0.1, 0.15) is 11.7 Å². The molecule has 2 aromatic carbocycles. The van der Waals surface area contributed by atoms with Crippen molar-refractivity contribution in [3.63, 3.8) is 0 Å². The summed E-state index contributed by atoms with van der Waals surface area (Å²) in [7, 11) is 0. The van der Waals surface area contributed by atoms with Gasteiger partial charge < -0.3 is 11.5 Å². The molecule has 0 unspecified atom stereocenters. The number of fused-ring (bicyclic) bond motifs is 1. The first-order valence-corrected chi connectivity index (χ1v) is 7.96. The first-order valence-electron chi connectivity index (χ1n) is 7.96. The molecule has 5 nitrogen and oxygen atoms in total. The van der Waals surface area contributed by atoms with E-state index < -0.39 is 23.1 Å². The maximum absolute atomic E-state index is 15.0. The van der Waals surface area contributed by atoms with E-state index in [0.717, 1.165) is 29.8 Å². The third-order valence-electron chi connectivity index (χ3n) is 3.82. The zero-order valence-electron chi connectivity index (χ0n) is 14.3. The summed E-state index contributed by atoms with van der Waals surface area (Å²) in [6, 6.07) is 9.02. The molecule has 0 bridgehead atoms. The fraction of sp³-hybridized carbons (Fsp3) is 0.105. The number of hydrogen-bond donors (Lipinski definition) is 2. The van der Waals surface area contributed by atoms with Gasteiger partial charge in [0.05, 0.1) is 5.52 Å². The van der Waals surface area contributed by atoms with Gasteiger partial charge in [-0.3, -0.25) is 0 Å². The van der Waals surface area contributed by atoms with Crippen LogP contribution in [0, 0.1) is 12.7 Å². The summed E-state index contributed by atoms with van der Waals surface area (Å²) < 4.78 is 43.0. The SMILES string of the molecule is Cc1ccc2c(N=C(N)/C=C\N)nc(C(F)(F)c3ccc(F)cc3)nc2c1. The molecule has 138 valence electrons. The zero-order chi connectivity index (χ0) is 19.6. The molecule has 0 saturated heterocycles. The Balaban J connectivity index is 2.24. The average molecular weight is 371 g/mol. The van der Waals surface area contributed by atoms with Crippen LogP contribution in [0.1, 0.15) is 17.0 Å². The van der Waals surface area contributed by atoms with E-state index in [9.17, 15) is 13.2 Å². The molecule has 0 amide bonds. The maximum Gasteiger partial charge on any atom is 0.331 e. The van der Waals surface area contributed by atoms with Crippen molar-refractivity contribution in [2.24, 2.45) is 16.5 Å². The number of halogens is 3. The highest BCUT2D eigenvalue weighted by molar-refractivity contribution is 5.97. The minimum atomic E-state index is -3.55. The molecule has 4 N–H and O–H groups in total. The molecular formula is C19H16F3N5. The minimum absolute atomic E-state index is 0.00705. The van der Waals surface area contributed by atoms with E-state index >= 15 is 0 Å². The van der Waals surface area contributed by atoms with Crippen molar-refractivity contribution >= 4 is 22.6 Å². The highest BCUT2D eigenvalue weighted by Crippen LogP contribution is 2.36. The van der Waals surface area contributed by atoms with Gasteiger partial charge in [0.2, 0.25) is 5.82 Å². The Morgan fingerprint density at radius 1 is 1.11 bits per heavy atom. The largest absolute Gasteiger partial charge is 0.404 e. The van der Waals surface area contributed by atoms with Crippen molar-refractivity contribution in [2.45, 2.75) is 12.8 Å². The van der Waals surface area contributed by atoms with Crippen molar-refractivity contribution in [2.75, 3.05) is 0 Å². The van der Waals surface area contributed by atoms with Gasteiger partial charge in [0.15, 0.2) is 5.82 Å². The van der Waals surface area contributed by atoms with Gasteiger partial charge in [-0.15, -0.1) is 0 Å². The summed E-state index contributed by atoms with van der Waals surface area (Å²) in [5.41, 5.74) is 11.7. The standard InChI is InChI=1S/C19H16F3N5/c1-11-2-7-14-15(10-11)25-18(27-17(14)26-16(24)8-9-23)19(21,22)12-3-5-13(20)6-4-12/h2-10H,23H2,1H3,(H2,24,25,26,27)/b9-8-. The summed E-state index contributed by atoms with van der Waals surface area (Å²) in [6.45, 7) is 1.81. The first-order chi connectivity index (χ1) is 12.8. The van der Waals surface area contributed by atoms with Crippen LogP contribution >= 0.6 is 0 Å². The van der Waals surface area contributed by atoms with E-state index in [4.69, 9.17) is 11.5 Å². The second-order valence-corrected chi connectivity index (χ2v) is 5.87. The van der Waals surface area contributed by atoms with E-state index in [0.29, 0.717) is 10.9 Å². The molecule has 0 aliphatic rings. The van der Waals surface area contributed by atoms with Gasteiger partial charge in [0.25, 0.3) is 0 Å². The molecular weight excluding hydrogens is 355 g/mol. The van der Waals surface area contributed by atoms with Crippen molar-refractivity contribution in [3.8, 4) is 0 Å². The van der Waals surface area contributed by atoms with Crippen LogP contribution in [0.5, 0.6) is 0 Å². The molecule has 27 heavy (non-hydrogen) atoms. The number of aliphatic imine (C=N–C) groups is 1. The quantitative estimate of drug-likeness (QED) is 0.541. The lowest BCUT2D eigenvalue weighted by Gasteiger charge is -2.16. The monoisotopic (exact) mass is 371 g/mol. The number of nitrogens with two attached hydrogens (primary N) is 2. The topological polar surface area (TPSA) is 90.2 Å². The molecule has 8 heteroatoms. The van der Waals surface area contributed by atoms with Crippen LogP contribution < -0.4 is 11.5 Å². The predicted octanol–water partition coefficient (Wildman–Crippen LogP) is 3.68. The van der Waals surface area contributed by atoms with Crippen molar-refractivity contribution in [1.82, 2.24) is 9.97 Å². The third kappa shape index (κ3) is 3.74. The number of nitrogens with zero attached hydrogens (tertiary/aromatic N) is 3. The molecule has 1 heterocycles. The highest BCUT2D eigenvalue weighted by Gasteiger charge is 2.38.